The average Bonchev–Trinajstić information content (AvgIpc) is 3.60. The molecule has 2 aromatic heterocycles. The minimum atomic E-state index is -4.76. The largest absolute Gasteiger partial charge is 0.573 e. The normalized spacial score (nSPS) is 12.3. The van der Waals surface area contributed by atoms with E-state index in [0.29, 0.717) is 27.8 Å². The van der Waals surface area contributed by atoms with Crippen LogP contribution in [0, 0.1) is 13.8 Å². The molecular weight excluding hydrogens is 591 g/mol. The number of thiazole rings is 1. The fraction of sp³-hybridized carbons (Fsp3) is 0.194. The highest BCUT2D eigenvalue weighted by Crippen LogP contribution is 2.26. The second kappa shape index (κ2) is 12.7. The first-order valence-corrected chi connectivity index (χ1v) is 14.4. The lowest BCUT2D eigenvalue weighted by atomic mass is 9.99. The van der Waals surface area contributed by atoms with Gasteiger partial charge in [-0.15, -0.1) is 29.6 Å². The number of nitrogens with zero attached hydrogens (tertiary/aromatic N) is 6. The number of hydrazone groups is 1. The molecule has 2 heterocycles. The van der Waals surface area contributed by atoms with Gasteiger partial charge in [0.15, 0.2) is 10.6 Å². The maximum Gasteiger partial charge on any atom is 0.573 e. The van der Waals surface area contributed by atoms with Crippen molar-refractivity contribution in [1.82, 2.24) is 24.8 Å². The first-order valence-electron chi connectivity index (χ1n) is 13.5. The van der Waals surface area contributed by atoms with Gasteiger partial charge in [-0.3, -0.25) is 4.57 Å². The summed E-state index contributed by atoms with van der Waals surface area (Å²) in [6.45, 7) is 8.28. The molecule has 3 aromatic carbocycles. The third kappa shape index (κ3) is 7.29. The Morgan fingerprint density at radius 2 is 1.77 bits per heavy atom. The minimum absolute atomic E-state index is 0.295. The Balaban J connectivity index is 1.25. The predicted molar refractivity (Wildman–Crippen MR) is 162 cm³/mol. The van der Waals surface area contributed by atoms with Gasteiger partial charge in [0.1, 0.15) is 12.1 Å². The van der Waals surface area contributed by atoms with E-state index in [4.69, 9.17) is 0 Å². The fourth-order valence-corrected chi connectivity index (χ4v) is 5.28. The number of carbonyl (C=O) groups excluding carboxylic acids is 1. The van der Waals surface area contributed by atoms with E-state index in [1.54, 1.807) is 24.3 Å². The molecule has 0 atom stereocenters. The zero-order valence-corrected chi connectivity index (χ0v) is 25.0. The summed E-state index contributed by atoms with van der Waals surface area (Å²) in [6, 6.07) is 18.2. The molecule has 5 rings (SSSR count). The van der Waals surface area contributed by atoms with E-state index >= 15 is 0 Å². The lowest BCUT2D eigenvalue weighted by molar-refractivity contribution is -0.274. The van der Waals surface area contributed by atoms with Gasteiger partial charge in [-0.25, -0.2) is 19.9 Å². The van der Waals surface area contributed by atoms with E-state index in [1.807, 2.05) is 23.8 Å². The molecule has 44 heavy (non-hydrogen) atoms. The van der Waals surface area contributed by atoms with E-state index in [9.17, 15) is 18.0 Å². The standard InChI is InChI=1S/C31H28F3N7O2S/c1-19(2)26-14-5-20(3)15-27(26)41-21(4)17-44-30(41)37-29(42)38-36-16-22-6-8-23(9-7-22)28-35-18-40(39-28)24-10-12-25(13-11-24)43-31(32,33)34/h5-19H,1-4H3,(H,38,42)/b36-16+,37-30-. The van der Waals surface area contributed by atoms with Gasteiger partial charge in [0.2, 0.25) is 0 Å². The van der Waals surface area contributed by atoms with Gasteiger partial charge in [-0.1, -0.05) is 50.2 Å². The van der Waals surface area contributed by atoms with Crippen LogP contribution in [0.1, 0.15) is 42.1 Å². The molecule has 0 spiro atoms. The summed E-state index contributed by atoms with van der Waals surface area (Å²) in [5.74, 6) is 0.394. The number of hydrogen-bond donors (Lipinski definition) is 1. The average molecular weight is 620 g/mol. The molecule has 0 aliphatic carbocycles. The molecule has 5 aromatic rings. The van der Waals surface area contributed by atoms with Gasteiger partial charge in [-0.05, 0) is 66.8 Å². The van der Waals surface area contributed by atoms with E-state index in [-0.39, 0.29) is 5.75 Å². The van der Waals surface area contributed by atoms with Crippen LogP contribution in [-0.2, 0) is 0 Å². The number of aryl methyl sites for hydroxylation is 2. The monoisotopic (exact) mass is 619 g/mol. The van der Waals surface area contributed by atoms with Gasteiger partial charge in [0.25, 0.3) is 0 Å². The van der Waals surface area contributed by atoms with Gasteiger partial charge < -0.3 is 4.74 Å². The number of ether oxygens (including phenoxy) is 1. The van der Waals surface area contributed by atoms with Gasteiger partial charge in [0, 0.05) is 16.6 Å². The molecule has 13 heteroatoms. The van der Waals surface area contributed by atoms with Crippen molar-refractivity contribution < 1.29 is 22.7 Å². The van der Waals surface area contributed by atoms with Crippen molar-refractivity contribution in [2.75, 3.05) is 0 Å². The van der Waals surface area contributed by atoms with E-state index in [2.05, 4.69) is 62.4 Å². The van der Waals surface area contributed by atoms with Crippen LogP contribution in [-0.4, -0.2) is 37.9 Å². The molecule has 0 fully saturated rings. The van der Waals surface area contributed by atoms with Gasteiger partial charge >= 0.3 is 12.4 Å². The third-order valence-electron chi connectivity index (χ3n) is 6.49. The Hall–Kier alpha value is -5.04. The Morgan fingerprint density at radius 1 is 1.05 bits per heavy atom. The molecule has 0 saturated heterocycles. The maximum atomic E-state index is 12.6. The maximum absolute atomic E-state index is 12.6. The van der Waals surface area contributed by atoms with Crippen LogP contribution in [0.2, 0.25) is 0 Å². The molecule has 0 aliphatic heterocycles. The topological polar surface area (TPSA) is 98.7 Å². The highest BCUT2D eigenvalue weighted by molar-refractivity contribution is 7.07. The van der Waals surface area contributed by atoms with Crippen molar-refractivity contribution in [2.45, 2.75) is 40.0 Å². The number of carbonyl (C=O) groups is 1. The Labute approximate surface area is 255 Å². The highest BCUT2D eigenvalue weighted by atomic mass is 32.1. The Kier molecular flexibility index (Phi) is 8.76. The first-order chi connectivity index (χ1) is 21.0. The van der Waals surface area contributed by atoms with Crippen molar-refractivity contribution in [3.05, 3.63) is 106 Å². The van der Waals surface area contributed by atoms with Crippen molar-refractivity contribution in [1.29, 1.82) is 0 Å². The number of rotatable bonds is 7. The number of benzene rings is 3. The van der Waals surface area contributed by atoms with E-state index in [1.165, 1.54) is 52.8 Å². The molecule has 9 nitrogen and oxygen atoms in total. The summed E-state index contributed by atoms with van der Waals surface area (Å²) in [5, 5.41) is 10.4. The molecule has 1 N–H and O–H groups in total. The molecule has 0 unspecified atom stereocenters. The highest BCUT2D eigenvalue weighted by Gasteiger charge is 2.31. The summed E-state index contributed by atoms with van der Waals surface area (Å²) in [7, 11) is 0. The summed E-state index contributed by atoms with van der Waals surface area (Å²) in [4.78, 5) is 21.7. The summed E-state index contributed by atoms with van der Waals surface area (Å²) in [5.41, 5.74) is 8.67. The summed E-state index contributed by atoms with van der Waals surface area (Å²) in [6.07, 6.45) is -1.80. The summed E-state index contributed by atoms with van der Waals surface area (Å²) >= 11 is 1.38. The number of hydrogen-bond acceptors (Lipinski definition) is 6. The fourth-order valence-electron chi connectivity index (χ4n) is 4.41. The van der Waals surface area contributed by atoms with Crippen LogP contribution in [0.3, 0.4) is 0 Å². The van der Waals surface area contributed by atoms with Crippen molar-refractivity contribution in [2.24, 2.45) is 10.1 Å². The van der Waals surface area contributed by atoms with E-state index in [0.717, 1.165) is 28.1 Å². The van der Waals surface area contributed by atoms with Crippen LogP contribution in [0.5, 0.6) is 5.75 Å². The second-order valence-corrected chi connectivity index (χ2v) is 11.0. The molecular formula is C31H28F3N7O2S. The number of aromatic nitrogens is 4. The lowest BCUT2D eigenvalue weighted by Crippen LogP contribution is -2.22. The van der Waals surface area contributed by atoms with Crippen LogP contribution in [0.15, 0.2) is 88.5 Å². The molecule has 226 valence electrons. The number of alkyl halides is 3. The van der Waals surface area contributed by atoms with Crippen LogP contribution >= 0.6 is 11.3 Å². The Bertz CT molecular complexity index is 1870. The van der Waals surface area contributed by atoms with Crippen LogP contribution < -0.4 is 15.0 Å². The van der Waals surface area contributed by atoms with E-state index < -0.39 is 12.4 Å². The van der Waals surface area contributed by atoms with Gasteiger partial charge in [0.05, 0.1) is 17.6 Å². The van der Waals surface area contributed by atoms with Crippen molar-refractivity contribution in [3.8, 4) is 28.5 Å². The van der Waals surface area contributed by atoms with Crippen molar-refractivity contribution in [3.63, 3.8) is 0 Å². The van der Waals surface area contributed by atoms with Crippen molar-refractivity contribution >= 4 is 23.6 Å². The van der Waals surface area contributed by atoms with Crippen LogP contribution in [0.4, 0.5) is 18.0 Å². The zero-order chi connectivity index (χ0) is 31.4. The lowest BCUT2D eigenvalue weighted by Gasteiger charge is -2.16. The van der Waals surface area contributed by atoms with Crippen LogP contribution in [0.25, 0.3) is 22.8 Å². The quantitative estimate of drug-likeness (QED) is 0.156. The SMILES string of the molecule is Cc1ccc(C(C)C)c(-n2c(C)cs/c2=N\C(=O)N/N=C/c2ccc(-c3ncn(-c4ccc(OC(F)(F)F)cc4)n3)cc2)c1. The minimum Gasteiger partial charge on any atom is -0.406 e. The molecule has 0 saturated carbocycles. The number of urea groups is 1. The zero-order valence-electron chi connectivity index (χ0n) is 24.2. The summed E-state index contributed by atoms with van der Waals surface area (Å²) < 4.78 is 44.5. The van der Waals surface area contributed by atoms with Gasteiger partial charge in [-0.2, -0.15) is 10.1 Å². The number of halogens is 3. The first kappa shape index (κ1) is 30.4. The molecule has 0 aliphatic rings. The predicted octanol–water partition coefficient (Wildman–Crippen LogP) is 7.07. The number of nitrogens with one attached hydrogen (secondary N) is 1. The molecule has 0 radical (unpaired) electrons. The smallest absolute Gasteiger partial charge is 0.406 e. The molecule has 2 amide bonds. The molecule has 0 bridgehead atoms. The second-order valence-electron chi connectivity index (χ2n) is 10.2. The number of amides is 2. The third-order valence-corrected chi connectivity index (χ3v) is 7.44. The Morgan fingerprint density at radius 3 is 2.45 bits per heavy atom.